The Morgan fingerprint density at radius 3 is 2.22 bits per heavy atom. The number of piperazine rings is 2. The van der Waals surface area contributed by atoms with E-state index in [4.69, 9.17) is 4.74 Å². The Labute approximate surface area is 192 Å². The molecule has 0 atom stereocenters. The van der Waals surface area contributed by atoms with Crippen molar-refractivity contribution in [1.82, 2.24) is 20.0 Å². The maximum Gasteiger partial charge on any atom is 0.225 e. The standard InChI is InChI=1S/C24H38N6O2/c1-25-24(30-18-16-28(17-19-30)21-6-8-22(32-2)9-7-21)26-10-11-27-12-14-29(15-13-27)23(31)20-4-3-5-20/h6-9,20H,3-5,10-19H2,1-2H3,(H,25,26). The first-order valence-electron chi connectivity index (χ1n) is 12.0. The van der Waals surface area contributed by atoms with Gasteiger partial charge < -0.3 is 24.8 Å². The van der Waals surface area contributed by atoms with Gasteiger partial charge in [-0.15, -0.1) is 0 Å². The van der Waals surface area contributed by atoms with E-state index in [0.717, 1.165) is 90.0 Å². The number of methoxy groups -OCH3 is 1. The van der Waals surface area contributed by atoms with Crippen molar-refractivity contribution in [1.29, 1.82) is 0 Å². The molecule has 32 heavy (non-hydrogen) atoms. The number of hydrogen-bond acceptors (Lipinski definition) is 5. The first-order valence-corrected chi connectivity index (χ1v) is 12.0. The zero-order valence-corrected chi connectivity index (χ0v) is 19.6. The highest BCUT2D eigenvalue weighted by atomic mass is 16.5. The maximum absolute atomic E-state index is 12.4. The minimum absolute atomic E-state index is 0.316. The second-order valence-corrected chi connectivity index (χ2v) is 8.94. The lowest BCUT2D eigenvalue weighted by molar-refractivity contribution is -0.139. The van der Waals surface area contributed by atoms with E-state index in [0.29, 0.717) is 11.8 Å². The summed E-state index contributed by atoms with van der Waals surface area (Å²) in [4.78, 5) is 26.2. The van der Waals surface area contributed by atoms with Gasteiger partial charge in [-0.2, -0.15) is 0 Å². The number of nitrogens with zero attached hydrogens (tertiary/aromatic N) is 5. The van der Waals surface area contributed by atoms with Crippen LogP contribution >= 0.6 is 0 Å². The lowest BCUT2D eigenvalue weighted by Gasteiger charge is -2.39. The average Bonchev–Trinajstić information content (AvgIpc) is 2.81. The number of anilines is 1. The van der Waals surface area contributed by atoms with Crippen LogP contribution in [0.1, 0.15) is 19.3 Å². The predicted molar refractivity (Wildman–Crippen MR) is 129 cm³/mol. The van der Waals surface area contributed by atoms with Crippen LogP contribution in [0.15, 0.2) is 29.3 Å². The van der Waals surface area contributed by atoms with Crippen molar-refractivity contribution < 1.29 is 9.53 Å². The van der Waals surface area contributed by atoms with E-state index < -0.39 is 0 Å². The molecule has 0 spiro atoms. The van der Waals surface area contributed by atoms with Crippen LogP contribution in [0.5, 0.6) is 5.75 Å². The Morgan fingerprint density at radius 2 is 1.66 bits per heavy atom. The summed E-state index contributed by atoms with van der Waals surface area (Å²) >= 11 is 0. The first-order chi connectivity index (χ1) is 15.7. The molecule has 0 unspecified atom stereocenters. The second kappa shape index (κ2) is 10.9. The fourth-order valence-corrected chi connectivity index (χ4v) is 4.73. The predicted octanol–water partition coefficient (Wildman–Crippen LogP) is 1.34. The molecule has 1 aliphatic carbocycles. The van der Waals surface area contributed by atoms with Crippen molar-refractivity contribution >= 4 is 17.6 Å². The molecule has 0 radical (unpaired) electrons. The van der Waals surface area contributed by atoms with Gasteiger partial charge in [0.25, 0.3) is 0 Å². The zero-order chi connectivity index (χ0) is 22.3. The molecular formula is C24H38N6O2. The molecule has 2 aliphatic heterocycles. The summed E-state index contributed by atoms with van der Waals surface area (Å²) in [5.41, 5.74) is 1.24. The van der Waals surface area contributed by atoms with Gasteiger partial charge in [0.1, 0.15) is 5.75 Å². The summed E-state index contributed by atoms with van der Waals surface area (Å²) in [6.45, 7) is 9.40. The number of ether oxygens (including phenoxy) is 1. The van der Waals surface area contributed by atoms with Crippen LogP contribution in [0.25, 0.3) is 0 Å². The first kappa shape index (κ1) is 22.7. The highest BCUT2D eigenvalue weighted by Gasteiger charge is 2.31. The molecule has 1 aromatic carbocycles. The van der Waals surface area contributed by atoms with Crippen molar-refractivity contribution in [2.24, 2.45) is 10.9 Å². The fourth-order valence-electron chi connectivity index (χ4n) is 4.73. The Balaban J connectivity index is 1.15. The molecule has 176 valence electrons. The Kier molecular flexibility index (Phi) is 7.73. The second-order valence-electron chi connectivity index (χ2n) is 8.94. The molecule has 1 N–H and O–H groups in total. The summed E-state index contributed by atoms with van der Waals surface area (Å²) in [5, 5.41) is 3.55. The van der Waals surface area contributed by atoms with Crippen molar-refractivity contribution in [3.05, 3.63) is 24.3 Å². The van der Waals surface area contributed by atoms with Crippen LogP contribution < -0.4 is 15.0 Å². The minimum Gasteiger partial charge on any atom is -0.497 e. The molecular weight excluding hydrogens is 404 g/mol. The Morgan fingerprint density at radius 1 is 1.00 bits per heavy atom. The normalized spacial score (nSPS) is 20.8. The number of amides is 1. The fraction of sp³-hybridized carbons (Fsp3) is 0.667. The largest absolute Gasteiger partial charge is 0.497 e. The lowest BCUT2D eigenvalue weighted by atomic mass is 9.84. The molecule has 1 amide bonds. The van der Waals surface area contributed by atoms with E-state index in [1.807, 2.05) is 19.2 Å². The number of carbonyl (C=O) groups excluding carboxylic acids is 1. The van der Waals surface area contributed by atoms with Gasteiger partial charge in [0.2, 0.25) is 5.91 Å². The third kappa shape index (κ3) is 5.46. The van der Waals surface area contributed by atoms with Gasteiger partial charge in [-0.25, -0.2) is 0 Å². The smallest absolute Gasteiger partial charge is 0.225 e. The summed E-state index contributed by atoms with van der Waals surface area (Å²) in [6, 6.07) is 8.29. The van der Waals surface area contributed by atoms with E-state index in [9.17, 15) is 4.79 Å². The SMILES string of the molecule is CN=C(NCCN1CCN(C(=O)C2CCC2)CC1)N1CCN(c2ccc(OC)cc2)CC1. The Hall–Kier alpha value is -2.48. The van der Waals surface area contributed by atoms with Gasteiger partial charge in [0, 0.05) is 84.1 Å². The zero-order valence-electron chi connectivity index (χ0n) is 19.6. The van der Waals surface area contributed by atoms with Gasteiger partial charge in [-0.3, -0.25) is 14.7 Å². The molecule has 3 fully saturated rings. The van der Waals surface area contributed by atoms with Crippen molar-refractivity contribution in [3.63, 3.8) is 0 Å². The van der Waals surface area contributed by atoms with E-state index >= 15 is 0 Å². The van der Waals surface area contributed by atoms with Gasteiger partial charge in [-0.1, -0.05) is 6.42 Å². The minimum atomic E-state index is 0.316. The third-order valence-electron chi connectivity index (χ3n) is 7.08. The molecule has 1 saturated carbocycles. The Bertz CT molecular complexity index is 763. The summed E-state index contributed by atoms with van der Waals surface area (Å²) in [6.07, 6.45) is 3.41. The number of nitrogens with one attached hydrogen (secondary N) is 1. The molecule has 3 aliphatic rings. The van der Waals surface area contributed by atoms with E-state index in [2.05, 4.69) is 42.0 Å². The number of aliphatic imine (C=N–C) groups is 1. The van der Waals surface area contributed by atoms with Crippen LogP contribution in [0.3, 0.4) is 0 Å². The quantitative estimate of drug-likeness (QED) is 0.530. The van der Waals surface area contributed by atoms with Gasteiger partial charge in [0.05, 0.1) is 7.11 Å². The molecule has 2 saturated heterocycles. The van der Waals surface area contributed by atoms with E-state index in [1.54, 1.807) is 7.11 Å². The number of rotatable bonds is 6. The van der Waals surface area contributed by atoms with Crippen LogP contribution in [-0.4, -0.2) is 106 Å². The summed E-state index contributed by atoms with van der Waals surface area (Å²) in [5.74, 6) is 2.58. The maximum atomic E-state index is 12.4. The van der Waals surface area contributed by atoms with Gasteiger partial charge in [0.15, 0.2) is 5.96 Å². The number of guanidine groups is 1. The monoisotopic (exact) mass is 442 g/mol. The number of hydrogen-bond donors (Lipinski definition) is 1. The van der Waals surface area contributed by atoms with Gasteiger partial charge >= 0.3 is 0 Å². The molecule has 1 aromatic rings. The molecule has 8 heteroatoms. The molecule has 2 heterocycles. The van der Waals surface area contributed by atoms with Crippen LogP contribution in [0.4, 0.5) is 5.69 Å². The van der Waals surface area contributed by atoms with E-state index in [1.165, 1.54) is 12.1 Å². The molecule has 0 aromatic heterocycles. The lowest BCUT2D eigenvalue weighted by Crippen LogP contribution is -2.54. The van der Waals surface area contributed by atoms with Crippen molar-refractivity contribution in [2.45, 2.75) is 19.3 Å². The molecule has 8 nitrogen and oxygen atoms in total. The average molecular weight is 443 g/mol. The van der Waals surface area contributed by atoms with Crippen molar-refractivity contribution in [3.8, 4) is 5.75 Å². The highest BCUT2D eigenvalue weighted by molar-refractivity contribution is 5.80. The van der Waals surface area contributed by atoms with Crippen LogP contribution in [0.2, 0.25) is 0 Å². The van der Waals surface area contributed by atoms with Crippen LogP contribution in [0, 0.1) is 5.92 Å². The molecule has 4 rings (SSSR count). The van der Waals surface area contributed by atoms with Crippen molar-refractivity contribution in [2.75, 3.05) is 84.5 Å². The topological polar surface area (TPSA) is 63.7 Å². The van der Waals surface area contributed by atoms with E-state index in [-0.39, 0.29) is 0 Å². The molecule has 0 bridgehead atoms. The number of carbonyl (C=O) groups is 1. The number of benzene rings is 1. The highest BCUT2D eigenvalue weighted by Crippen LogP contribution is 2.28. The third-order valence-corrected chi connectivity index (χ3v) is 7.08. The summed E-state index contributed by atoms with van der Waals surface area (Å²) < 4.78 is 5.26. The summed E-state index contributed by atoms with van der Waals surface area (Å²) in [7, 11) is 3.56. The van der Waals surface area contributed by atoms with Crippen LogP contribution in [-0.2, 0) is 4.79 Å². The van der Waals surface area contributed by atoms with Gasteiger partial charge in [-0.05, 0) is 37.1 Å².